The first-order valence-corrected chi connectivity index (χ1v) is 17.9. The van der Waals surface area contributed by atoms with Crippen molar-refractivity contribution >= 4 is 43.6 Å². The Balaban J connectivity index is 1.11. The van der Waals surface area contributed by atoms with Crippen LogP contribution in [0, 0.1) is 0 Å². The second-order valence-corrected chi connectivity index (χ2v) is 13.7. The van der Waals surface area contributed by atoms with E-state index < -0.39 is 0 Å². The zero-order chi connectivity index (χ0) is 34.2. The van der Waals surface area contributed by atoms with E-state index in [0.29, 0.717) is 6.61 Å². The highest BCUT2D eigenvalue weighted by Crippen LogP contribution is 2.45. The smallest absolute Gasteiger partial charge is 0.129 e. The van der Waals surface area contributed by atoms with Gasteiger partial charge in [0, 0.05) is 32.8 Å². The van der Waals surface area contributed by atoms with Gasteiger partial charge in [-0.2, -0.15) is 0 Å². The molecule has 0 amide bonds. The number of para-hydroxylation sites is 2. The zero-order valence-corrected chi connectivity index (χ0v) is 28.3. The lowest BCUT2D eigenvalue weighted by Crippen LogP contribution is -2.08. The minimum atomic E-state index is 0.588. The van der Waals surface area contributed by atoms with E-state index in [1.54, 1.807) is 0 Å². The van der Waals surface area contributed by atoms with Crippen molar-refractivity contribution in [2.45, 2.75) is 6.61 Å². The van der Waals surface area contributed by atoms with Gasteiger partial charge in [0.2, 0.25) is 0 Å². The molecule has 10 aromatic rings. The van der Waals surface area contributed by atoms with Crippen LogP contribution in [0.3, 0.4) is 0 Å². The van der Waals surface area contributed by atoms with E-state index in [-0.39, 0.29) is 0 Å². The van der Waals surface area contributed by atoms with Gasteiger partial charge in [-0.3, -0.25) is 0 Å². The molecule has 3 heterocycles. The summed E-state index contributed by atoms with van der Waals surface area (Å²) in [5, 5.41) is 4.96. The van der Waals surface area contributed by atoms with Crippen LogP contribution < -0.4 is 4.74 Å². The van der Waals surface area contributed by atoms with E-state index in [0.717, 1.165) is 22.7 Å². The maximum absolute atomic E-state index is 6.30. The van der Waals surface area contributed by atoms with Crippen molar-refractivity contribution in [2.75, 3.05) is 0 Å². The Hall–Kier alpha value is -6.84. The lowest BCUT2D eigenvalue weighted by molar-refractivity contribution is 0.302. The van der Waals surface area contributed by atoms with Gasteiger partial charge in [-0.1, -0.05) is 127 Å². The molecule has 0 unspecified atom stereocenters. The molecule has 52 heavy (non-hydrogen) atoms. The highest BCUT2D eigenvalue weighted by molar-refractivity contribution is 6.13. The van der Waals surface area contributed by atoms with Gasteiger partial charge >= 0.3 is 0 Å². The average molecular weight is 665 g/mol. The van der Waals surface area contributed by atoms with Gasteiger partial charge in [0.1, 0.15) is 12.4 Å². The van der Waals surface area contributed by atoms with Crippen molar-refractivity contribution in [3.63, 3.8) is 0 Å². The number of rotatable bonds is 4. The molecule has 0 saturated carbocycles. The molecule has 0 saturated heterocycles. The molecule has 8 aromatic carbocycles. The van der Waals surface area contributed by atoms with Gasteiger partial charge in [-0.05, 0) is 88.0 Å². The maximum atomic E-state index is 6.30. The monoisotopic (exact) mass is 664 g/mol. The van der Waals surface area contributed by atoms with Gasteiger partial charge in [0.15, 0.2) is 0 Å². The molecule has 0 N–H and O–H groups in total. The summed E-state index contributed by atoms with van der Waals surface area (Å²) in [4.78, 5) is 0. The molecular formula is C49H32N2O. The summed E-state index contributed by atoms with van der Waals surface area (Å²) in [5.74, 6) is 0.928. The highest BCUT2D eigenvalue weighted by Gasteiger charge is 2.23. The fourth-order valence-corrected chi connectivity index (χ4v) is 8.44. The standard InChI is InChI=1S/C49H32N2O/c1-2-12-32(13-3-1)33-15-10-16-37(28-33)50-43-20-8-6-18-39(43)41-26-24-35(30-47(41)50)34-25-27-45-42(29-34)40-19-7-9-21-44(40)51(45)46-22-11-23-48-49(46)38-17-5-4-14-36(38)31-52-48/h1-30H,31H2. The van der Waals surface area contributed by atoms with Crippen LogP contribution in [0.25, 0.3) is 88.4 Å². The number of hydrogen-bond acceptors (Lipinski definition) is 1. The van der Waals surface area contributed by atoms with Gasteiger partial charge in [-0.15, -0.1) is 0 Å². The van der Waals surface area contributed by atoms with Crippen molar-refractivity contribution in [2.24, 2.45) is 0 Å². The Labute approximate surface area is 301 Å². The molecule has 244 valence electrons. The fourth-order valence-electron chi connectivity index (χ4n) is 8.44. The van der Waals surface area contributed by atoms with Crippen molar-refractivity contribution in [1.82, 2.24) is 9.13 Å². The molecule has 0 spiro atoms. The van der Waals surface area contributed by atoms with Crippen LogP contribution in [0.1, 0.15) is 5.56 Å². The summed E-state index contributed by atoms with van der Waals surface area (Å²) in [7, 11) is 0. The largest absolute Gasteiger partial charge is 0.488 e. The predicted molar refractivity (Wildman–Crippen MR) is 216 cm³/mol. The molecule has 3 nitrogen and oxygen atoms in total. The number of nitrogens with zero attached hydrogens (tertiary/aromatic N) is 2. The molecule has 0 radical (unpaired) electrons. The molecular weight excluding hydrogens is 633 g/mol. The Morgan fingerprint density at radius 2 is 1.02 bits per heavy atom. The number of benzene rings is 8. The van der Waals surface area contributed by atoms with Crippen molar-refractivity contribution < 1.29 is 4.74 Å². The molecule has 11 rings (SSSR count). The number of aromatic nitrogens is 2. The summed E-state index contributed by atoms with van der Waals surface area (Å²) in [5.41, 5.74) is 15.4. The molecule has 1 aliphatic rings. The van der Waals surface area contributed by atoms with Gasteiger partial charge in [-0.25, -0.2) is 0 Å². The van der Waals surface area contributed by atoms with Crippen LogP contribution in [0.4, 0.5) is 0 Å². The Morgan fingerprint density at radius 1 is 0.385 bits per heavy atom. The SMILES string of the molecule is c1ccc(-c2cccc(-n3c4ccccc4c4ccc(-c5ccc6c(c5)c5ccccc5n6-c5cccc6c5-c5ccccc5CO6)cc43)c2)cc1. The maximum Gasteiger partial charge on any atom is 0.129 e. The Kier molecular flexibility index (Phi) is 6.31. The van der Waals surface area contributed by atoms with Crippen molar-refractivity contribution in [1.29, 1.82) is 0 Å². The normalized spacial score (nSPS) is 12.3. The van der Waals surface area contributed by atoms with Crippen LogP contribution in [0.5, 0.6) is 5.75 Å². The van der Waals surface area contributed by atoms with E-state index in [1.165, 1.54) is 77.0 Å². The summed E-state index contributed by atoms with van der Waals surface area (Å²) >= 11 is 0. The summed E-state index contributed by atoms with van der Waals surface area (Å²) in [6.45, 7) is 0.588. The third-order valence-corrected chi connectivity index (χ3v) is 10.8. The van der Waals surface area contributed by atoms with E-state index >= 15 is 0 Å². The van der Waals surface area contributed by atoms with Gasteiger partial charge in [0.25, 0.3) is 0 Å². The number of ether oxygens (including phenoxy) is 1. The van der Waals surface area contributed by atoms with Crippen LogP contribution in [-0.4, -0.2) is 9.13 Å². The molecule has 2 aromatic heterocycles. The molecule has 0 atom stereocenters. The quantitative estimate of drug-likeness (QED) is 0.183. The third-order valence-electron chi connectivity index (χ3n) is 10.8. The van der Waals surface area contributed by atoms with Gasteiger partial charge in [0.05, 0.1) is 27.8 Å². The Bertz CT molecular complexity index is 3020. The van der Waals surface area contributed by atoms with E-state index in [1.807, 2.05) is 0 Å². The molecule has 0 fully saturated rings. The molecule has 0 bridgehead atoms. The minimum Gasteiger partial charge on any atom is -0.488 e. The van der Waals surface area contributed by atoms with Crippen LogP contribution >= 0.6 is 0 Å². The molecule has 3 heteroatoms. The first-order chi connectivity index (χ1) is 25.8. The topological polar surface area (TPSA) is 19.1 Å². The van der Waals surface area contributed by atoms with Crippen molar-refractivity contribution in [3.8, 4) is 50.5 Å². The minimum absolute atomic E-state index is 0.588. The lowest BCUT2D eigenvalue weighted by atomic mass is 9.95. The van der Waals surface area contributed by atoms with Gasteiger partial charge < -0.3 is 13.9 Å². The average Bonchev–Trinajstić information content (AvgIpc) is 3.73. The fraction of sp³-hybridized carbons (Fsp3) is 0.0204. The summed E-state index contributed by atoms with van der Waals surface area (Å²) in [6, 6.07) is 66.0. The summed E-state index contributed by atoms with van der Waals surface area (Å²) in [6.07, 6.45) is 0. The third kappa shape index (κ3) is 4.33. The van der Waals surface area contributed by atoms with E-state index in [2.05, 4.69) is 191 Å². The first-order valence-electron chi connectivity index (χ1n) is 17.9. The van der Waals surface area contributed by atoms with Crippen molar-refractivity contribution in [3.05, 3.63) is 188 Å². The number of hydrogen-bond donors (Lipinski definition) is 0. The summed E-state index contributed by atoms with van der Waals surface area (Å²) < 4.78 is 11.1. The lowest BCUT2D eigenvalue weighted by Gasteiger charge is -2.24. The molecule has 1 aliphatic heterocycles. The van der Waals surface area contributed by atoms with Crippen LogP contribution in [0.15, 0.2) is 182 Å². The zero-order valence-electron chi connectivity index (χ0n) is 28.3. The second kappa shape index (κ2) is 11.3. The Morgan fingerprint density at radius 3 is 1.90 bits per heavy atom. The van der Waals surface area contributed by atoms with Crippen LogP contribution in [0.2, 0.25) is 0 Å². The second-order valence-electron chi connectivity index (χ2n) is 13.7. The van der Waals surface area contributed by atoms with E-state index in [4.69, 9.17) is 4.74 Å². The van der Waals surface area contributed by atoms with Crippen LogP contribution in [-0.2, 0) is 6.61 Å². The predicted octanol–water partition coefficient (Wildman–Crippen LogP) is 12.8. The molecule has 0 aliphatic carbocycles. The highest BCUT2D eigenvalue weighted by atomic mass is 16.5. The number of fused-ring (bicyclic) bond motifs is 9. The van der Waals surface area contributed by atoms with E-state index in [9.17, 15) is 0 Å². The first kappa shape index (κ1) is 28.9.